The van der Waals surface area contributed by atoms with Crippen LogP contribution >= 0.6 is 0 Å². The van der Waals surface area contributed by atoms with Gasteiger partial charge < -0.3 is 14.2 Å². The molecule has 0 N–H and O–H groups in total. The van der Waals surface area contributed by atoms with Crippen LogP contribution in [0.25, 0.3) is 10.8 Å². The monoisotopic (exact) mass is 483 g/mol. The van der Waals surface area contributed by atoms with Gasteiger partial charge in [-0.1, -0.05) is 43.3 Å². The molecule has 3 aromatic carbocycles. The zero-order valence-electron chi connectivity index (χ0n) is 19.2. The number of anilines is 1. The Balaban J connectivity index is 1.82. The van der Waals surface area contributed by atoms with Crippen molar-refractivity contribution in [2.24, 2.45) is 0 Å². The highest BCUT2D eigenvalue weighted by atomic mass is 19.3. The van der Waals surface area contributed by atoms with Crippen LogP contribution in [0, 0.1) is 0 Å². The van der Waals surface area contributed by atoms with E-state index in [1.54, 1.807) is 37.3 Å². The summed E-state index contributed by atoms with van der Waals surface area (Å²) in [5.41, 5.74) is 0.463. The lowest BCUT2D eigenvalue weighted by Crippen LogP contribution is -2.29. The highest BCUT2D eigenvalue weighted by molar-refractivity contribution is 6.38. The minimum absolute atomic E-state index is 0.0308. The van der Waals surface area contributed by atoms with Crippen molar-refractivity contribution >= 4 is 34.2 Å². The van der Waals surface area contributed by atoms with E-state index in [0.717, 1.165) is 4.90 Å². The summed E-state index contributed by atoms with van der Waals surface area (Å²) >= 11 is 0. The molecule has 0 fully saturated rings. The Labute approximate surface area is 200 Å². The number of amides is 2. The second-order valence-corrected chi connectivity index (χ2v) is 7.77. The molecule has 182 valence electrons. The van der Waals surface area contributed by atoms with E-state index in [1.165, 1.54) is 18.2 Å². The van der Waals surface area contributed by atoms with Crippen LogP contribution in [0.3, 0.4) is 0 Å². The van der Waals surface area contributed by atoms with Crippen LogP contribution in [0.15, 0.2) is 48.5 Å². The van der Waals surface area contributed by atoms with Crippen LogP contribution < -0.4 is 14.4 Å². The zero-order valence-corrected chi connectivity index (χ0v) is 19.2. The zero-order chi connectivity index (χ0) is 25.1. The summed E-state index contributed by atoms with van der Waals surface area (Å²) in [5.74, 6) is -2.13. The lowest BCUT2D eigenvalue weighted by atomic mass is 9.99. The molecule has 1 aliphatic rings. The van der Waals surface area contributed by atoms with Crippen LogP contribution in [0.5, 0.6) is 11.5 Å². The van der Waals surface area contributed by atoms with Gasteiger partial charge in [0.1, 0.15) is 11.5 Å². The van der Waals surface area contributed by atoms with E-state index in [1.807, 2.05) is 6.92 Å². The number of alkyl halides is 2. The van der Waals surface area contributed by atoms with E-state index in [9.17, 15) is 23.2 Å². The van der Waals surface area contributed by atoms with Gasteiger partial charge in [-0.15, -0.1) is 0 Å². The van der Waals surface area contributed by atoms with Crippen molar-refractivity contribution < 1.29 is 37.4 Å². The van der Waals surface area contributed by atoms with Gasteiger partial charge in [-0.3, -0.25) is 14.4 Å². The SMILES string of the molecule is CCCOc1c2c(c(OC(F)F)c3ccccc13)C(=O)N(c1ccc(CC(=O)OCC)cc1)C2=O. The number of hydrogen-bond donors (Lipinski definition) is 0. The summed E-state index contributed by atoms with van der Waals surface area (Å²) in [6.07, 6.45) is 0.662. The van der Waals surface area contributed by atoms with E-state index >= 15 is 0 Å². The van der Waals surface area contributed by atoms with Crippen LogP contribution in [0.4, 0.5) is 14.5 Å². The fraction of sp³-hybridized carbons (Fsp3) is 0.269. The standard InChI is InChI=1S/C26H23F2NO6/c1-3-13-34-22-17-7-5-6-8-18(17)23(35-26(27)28)21-20(22)24(31)29(25(21)32)16-11-9-15(10-12-16)14-19(30)33-4-2/h5-12,26H,3-4,13-14H2,1-2H3. The number of benzene rings is 3. The fourth-order valence-electron chi connectivity index (χ4n) is 4.04. The first kappa shape index (κ1) is 24.1. The van der Waals surface area contributed by atoms with E-state index in [0.29, 0.717) is 17.4 Å². The van der Waals surface area contributed by atoms with Gasteiger partial charge in [0.05, 0.1) is 36.4 Å². The molecule has 0 spiro atoms. The molecule has 1 heterocycles. The van der Waals surface area contributed by atoms with Gasteiger partial charge in [0.2, 0.25) is 0 Å². The first-order valence-corrected chi connectivity index (χ1v) is 11.2. The Hall–Kier alpha value is -4.01. The molecule has 0 aliphatic carbocycles. The molecule has 0 saturated heterocycles. The minimum atomic E-state index is -3.20. The second kappa shape index (κ2) is 10.1. The van der Waals surface area contributed by atoms with Gasteiger partial charge in [0.15, 0.2) is 0 Å². The number of ether oxygens (including phenoxy) is 3. The lowest BCUT2D eigenvalue weighted by Gasteiger charge is -2.16. The van der Waals surface area contributed by atoms with Crippen molar-refractivity contribution in [3.8, 4) is 11.5 Å². The Morgan fingerprint density at radius 1 is 0.914 bits per heavy atom. The molecule has 0 saturated carbocycles. The molecule has 0 radical (unpaired) electrons. The summed E-state index contributed by atoms with van der Waals surface area (Å²) in [6.45, 7) is 0.899. The van der Waals surface area contributed by atoms with Crippen molar-refractivity contribution in [2.75, 3.05) is 18.1 Å². The van der Waals surface area contributed by atoms with Crippen molar-refractivity contribution in [1.29, 1.82) is 0 Å². The molecule has 9 heteroatoms. The Bertz CT molecular complexity index is 1290. The van der Waals surface area contributed by atoms with Gasteiger partial charge in [-0.25, -0.2) is 4.90 Å². The van der Waals surface area contributed by atoms with Gasteiger partial charge in [-0.2, -0.15) is 8.78 Å². The maximum absolute atomic E-state index is 13.5. The normalized spacial score (nSPS) is 12.9. The lowest BCUT2D eigenvalue weighted by molar-refractivity contribution is -0.142. The predicted molar refractivity (Wildman–Crippen MR) is 124 cm³/mol. The van der Waals surface area contributed by atoms with E-state index < -0.39 is 24.4 Å². The summed E-state index contributed by atoms with van der Waals surface area (Å²) < 4.78 is 42.3. The molecule has 4 rings (SSSR count). The van der Waals surface area contributed by atoms with Crippen LogP contribution in [-0.4, -0.2) is 37.6 Å². The van der Waals surface area contributed by atoms with E-state index in [4.69, 9.17) is 14.2 Å². The number of rotatable bonds is 9. The maximum atomic E-state index is 13.5. The van der Waals surface area contributed by atoms with Gasteiger partial charge in [0, 0.05) is 10.8 Å². The fourth-order valence-corrected chi connectivity index (χ4v) is 4.04. The summed E-state index contributed by atoms with van der Waals surface area (Å²) in [6, 6.07) is 12.7. The molecular formula is C26H23F2NO6. The number of carbonyl (C=O) groups is 3. The molecule has 2 amide bonds. The summed E-state index contributed by atoms with van der Waals surface area (Å²) in [5, 5.41) is 0.633. The molecular weight excluding hydrogens is 460 g/mol. The third kappa shape index (κ3) is 4.53. The quantitative estimate of drug-likeness (QED) is 0.310. The van der Waals surface area contributed by atoms with Crippen molar-refractivity contribution in [3.63, 3.8) is 0 Å². The smallest absolute Gasteiger partial charge is 0.387 e. The third-order valence-electron chi connectivity index (χ3n) is 5.46. The Kier molecular flexibility index (Phi) is 6.95. The minimum Gasteiger partial charge on any atom is -0.492 e. The Morgan fingerprint density at radius 2 is 1.51 bits per heavy atom. The largest absolute Gasteiger partial charge is 0.492 e. The maximum Gasteiger partial charge on any atom is 0.387 e. The van der Waals surface area contributed by atoms with Gasteiger partial charge in [-0.05, 0) is 31.0 Å². The van der Waals surface area contributed by atoms with Crippen molar-refractivity contribution in [2.45, 2.75) is 33.3 Å². The van der Waals surface area contributed by atoms with Gasteiger partial charge in [0.25, 0.3) is 11.8 Å². The van der Waals surface area contributed by atoms with E-state index in [-0.39, 0.29) is 53.3 Å². The highest BCUT2D eigenvalue weighted by Gasteiger charge is 2.44. The third-order valence-corrected chi connectivity index (χ3v) is 5.46. The molecule has 0 atom stereocenters. The van der Waals surface area contributed by atoms with Crippen molar-refractivity contribution in [3.05, 3.63) is 65.2 Å². The molecule has 0 bridgehead atoms. The molecule has 1 aliphatic heterocycles. The van der Waals surface area contributed by atoms with Crippen LogP contribution in [0.1, 0.15) is 46.5 Å². The van der Waals surface area contributed by atoms with Crippen LogP contribution in [0.2, 0.25) is 0 Å². The van der Waals surface area contributed by atoms with Crippen LogP contribution in [-0.2, 0) is 16.0 Å². The average molecular weight is 483 g/mol. The number of esters is 1. The molecule has 35 heavy (non-hydrogen) atoms. The first-order valence-electron chi connectivity index (χ1n) is 11.2. The molecule has 0 aromatic heterocycles. The predicted octanol–water partition coefficient (Wildman–Crippen LogP) is 5.14. The number of imide groups is 1. The first-order chi connectivity index (χ1) is 16.9. The average Bonchev–Trinajstić information content (AvgIpc) is 3.09. The number of hydrogen-bond acceptors (Lipinski definition) is 6. The van der Waals surface area contributed by atoms with Crippen molar-refractivity contribution in [1.82, 2.24) is 0 Å². The molecule has 7 nitrogen and oxygen atoms in total. The number of carbonyl (C=O) groups excluding carboxylic acids is 3. The second-order valence-electron chi connectivity index (χ2n) is 7.77. The Morgan fingerprint density at radius 3 is 2.09 bits per heavy atom. The number of fused-ring (bicyclic) bond motifs is 2. The number of halogens is 2. The summed E-state index contributed by atoms with van der Waals surface area (Å²) in [4.78, 5) is 39.6. The number of nitrogens with zero attached hydrogens (tertiary/aromatic N) is 1. The molecule has 0 unspecified atom stereocenters. The highest BCUT2D eigenvalue weighted by Crippen LogP contribution is 2.46. The topological polar surface area (TPSA) is 82.1 Å². The summed E-state index contributed by atoms with van der Waals surface area (Å²) in [7, 11) is 0. The van der Waals surface area contributed by atoms with E-state index in [2.05, 4.69) is 0 Å². The molecule has 3 aromatic rings. The van der Waals surface area contributed by atoms with Gasteiger partial charge >= 0.3 is 12.6 Å².